The highest BCUT2D eigenvalue weighted by Gasteiger charge is 2.35. The molecule has 1 aromatic heterocycles. The van der Waals surface area contributed by atoms with Crippen LogP contribution in [0.25, 0.3) is 82.4 Å². The maximum Gasteiger partial charge on any atom is 0.0541 e. The summed E-state index contributed by atoms with van der Waals surface area (Å²) in [5, 5.41) is 7.44. The van der Waals surface area contributed by atoms with E-state index in [1.807, 2.05) is 0 Å². The average Bonchev–Trinajstić information content (AvgIpc) is 3.77. The highest BCUT2D eigenvalue weighted by molar-refractivity contribution is 6.11. The topological polar surface area (TPSA) is 8.17 Å². The molecule has 1 aliphatic carbocycles. The largest absolute Gasteiger partial charge is 0.310 e. The Hall–Kier alpha value is -7.68. The van der Waals surface area contributed by atoms with Crippen LogP contribution in [0.2, 0.25) is 0 Å². The molecule has 10 aromatic carbocycles. The van der Waals surface area contributed by atoms with E-state index >= 15 is 0 Å². The summed E-state index contributed by atoms with van der Waals surface area (Å²) >= 11 is 0. The molecule has 0 spiro atoms. The first kappa shape index (κ1) is 35.3. The highest BCUT2D eigenvalue weighted by Crippen LogP contribution is 2.51. The van der Waals surface area contributed by atoms with Crippen molar-refractivity contribution in [3.8, 4) is 39.1 Å². The second-order valence-electron chi connectivity index (χ2n) is 17.0. The van der Waals surface area contributed by atoms with Crippen molar-refractivity contribution in [1.82, 2.24) is 4.57 Å². The van der Waals surface area contributed by atoms with Crippen LogP contribution in [0.1, 0.15) is 25.0 Å². The first-order valence-corrected chi connectivity index (χ1v) is 21.3. The molecular weight excluding hydrogens is 737 g/mol. The summed E-state index contributed by atoms with van der Waals surface area (Å²) in [6.07, 6.45) is 0. The SMILES string of the molecule is CC1(C)c2ccccc2-c2ccc(N(c3cccc(-c4cccc(-c5ccc6c(c5)c5ccccc5n6-c5ccc6ccccc6c5)c4)c3)c3cccc4ccccc34)cc21. The standard InChI is InChI=1S/C59H42N2/c1-59(2)54-25-9-7-23-50(54)51-32-31-48(38-55(51)59)60(56-27-13-17-40-15-5-6-22-49(40)56)46-21-12-20-44(36-46)41-18-11-19-42(34-41)45-29-33-58-53(37-45)52-24-8-10-26-57(52)61(58)47-30-28-39-14-3-4-16-43(39)35-47/h3-38H,1-2H3. The summed E-state index contributed by atoms with van der Waals surface area (Å²) in [6, 6.07) is 80.5. The molecule has 0 saturated heterocycles. The summed E-state index contributed by atoms with van der Waals surface area (Å²) in [5.41, 5.74) is 17.1. The van der Waals surface area contributed by atoms with E-state index in [2.05, 4.69) is 242 Å². The fourth-order valence-corrected chi connectivity index (χ4v) is 10.1. The van der Waals surface area contributed by atoms with E-state index < -0.39 is 0 Å². The lowest BCUT2D eigenvalue weighted by molar-refractivity contribution is 0.660. The van der Waals surface area contributed by atoms with Crippen molar-refractivity contribution in [3.05, 3.63) is 230 Å². The van der Waals surface area contributed by atoms with Crippen LogP contribution in [0.15, 0.2) is 218 Å². The fourth-order valence-electron chi connectivity index (χ4n) is 10.1. The molecule has 0 unspecified atom stereocenters. The van der Waals surface area contributed by atoms with Gasteiger partial charge in [-0.2, -0.15) is 0 Å². The molecule has 0 fully saturated rings. The fraction of sp³-hybridized carbons (Fsp3) is 0.0508. The van der Waals surface area contributed by atoms with E-state index in [-0.39, 0.29) is 5.41 Å². The number of benzene rings is 10. The van der Waals surface area contributed by atoms with E-state index in [1.54, 1.807) is 0 Å². The number of hydrogen-bond donors (Lipinski definition) is 0. The van der Waals surface area contributed by atoms with Gasteiger partial charge < -0.3 is 9.47 Å². The van der Waals surface area contributed by atoms with Gasteiger partial charge in [0.1, 0.15) is 0 Å². The van der Waals surface area contributed by atoms with Gasteiger partial charge in [0.05, 0.1) is 16.7 Å². The number of hydrogen-bond acceptors (Lipinski definition) is 1. The Labute approximate surface area is 356 Å². The zero-order chi connectivity index (χ0) is 40.7. The van der Waals surface area contributed by atoms with Gasteiger partial charge in [0, 0.05) is 38.6 Å². The summed E-state index contributed by atoms with van der Waals surface area (Å²) in [4.78, 5) is 2.45. The molecule has 0 bridgehead atoms. The van der Waals surface area contributed by atoms with Crippen LogP contribution in [0.4, 0.5) is 17.1 Å². The zero-order valence-electron chi connectivity index (χ0n) is 34.2. The van der Waals surface area contributed by atoms with E-state index in [4.69, 9.17) is 0 Å². The molecular formula is C59H42N2. The zero-order valence-corrected chi connectivity index (χ0v) is 34.2. The van der Waals surface area contributed by atoms with Gasteiger partial charge in [-0.3, -0.25) is 0 Å². The van der Waals surface area contributed by atoms with Gasteiger partial charge in [-0.1, -0.05) is 166 Å². The molecule has 1 heterocycles. The summed E-state index contributed by atoms with van der Waals surface area (Å²) < 4.78 is 2.41. The van der Waals surface area contributed by atoms with Gasteiger partial charge in [0.15, 0.2) is 0 Å². The van der Waals surface area contributed by atoms with Crippen LogP contribution in [0.3, 0.4) is 0 Å². The maximum absolute atomic E-state index is 2.45. The Morgan fingerprint density at radius 3 is 1.85 bits per heavy atom. The lowest BCUT2D eigenvalue weighted by Gasteiger charge is -2.29. The molecule has 1 aliphatic rings. The molecule has 2 heteroatoms. The molecule has 0 amide bonds. The van der Waals surface area contributed by atoms with Gasteiger partial charge in [-0.15, -0.1) is 0 Å². The Kier molecular flexibility index (Phi) is 7.92. The lowest BCUT2D eigenvalue weighted by Crippen LogP contribution is -2.16. The number of nitrogens with zero attached hydrogens (tertiary/aromatic N) is 2. The van der Waals surface area contributed by atoms with Crippen LogP contribution in [0.5, 0.6) is 0 Å². The Morgan fingerprint density at radius 2 is 0.984 bits per heavy atom. The third-order valence-corrected chi connectivity index (χ3v) is 13.1. The molecule has 288 valence electrons. The Bertz CT molecular complexity index is 3530. The van der Waals surface area contributed by atoms with Gasteiger partial charge in [0.25, 0.3) is 0 Å². The summed E-state index contributed by atoms with van der Waals surface area (Å²) in [5.74, 6) is 0. The molecule has 0 atom stereocenters. The molecule has 12 rings (SSSR count). The molecule has 0 radical (unpaired) electrons. The molecule has 0 saturated carbocycles. The number of fused-ring (bicyclic) bond motifs is 8. The van der Waals surface area contributed by atoms with E-state index in [9.17, 15) is 0 Å². The van der Waals surface area contributed by atoms with E-state index in [0.717, 1.165) is 17.1 Å². The molecule has 11 aromatic rings. The van der Waals surface area contributed by atoms with Gasteiger partial charge in [0.2, 0.25) is 0 Å². The number of para-hydroxylation sites is 1. The predicted molar refractivity (Wildman–Crippen MR) is 259 cm³/mol. The van der Waals surface area contributed by atoms with E-state index in [1.165, 1.54) is 93.5 Å². The number of rotatable bonds is 6. The van der Waals surface area contributed by atoms with Crippen molar-refractivity contribution in [2.24, 2.45) is 0 Å². The minimum Gasteiger partial charge on any atom is -0.310 e. The second-order valence-corrected chi connectivity index (χ2v) is 17.0. The molecule has 2 nitrogen and oxygen atoms in total. The van der Waals surface area contributed by atoms with Crippen LogP contribution in [0, 0.1) is 0 Å². The molecule has 0 aliphatic heterocycles. The molecule has 0 N–H and O–H groups in total. The van der Waals surface area contributed by atoms with Gasteiger partial charge >= 0.3 is 0 Å². The second kappa shape index (κ2) is 13.7. The third-order valence-electron chi connectivity index (χ3n) is 13.1. The van der Waals surface area contributed by atoms with Gasteiger partial charge in [-0.25, -0.2) is 0 Å². The van der Waals surface area contributed by atoms with Crippen molar-refractivity contribution < 1.29 is 0 Å². The quantitative estimate of drug-likeness (QED) is 0.163. The lowest BCUT2D eigenvalue weighted by atomic mass is 9.82. The van der Waals surface area contributed by atoms with E-state index in [0.29, 0.717) is 0 Å². The highest BCUT2D eigenvalue weighted by atomic mass is 15.1. The summed E-state index contributed by atoms with van der Waals surface area (Å²) in [7, 11) is 0. The van der Waals surface area contributed by atoms with Crippen molar-refractivity contribution in [3.63, 3.8) is 0 Å². The minimum atomic E-state index is -0.108. The maximum atomic E-state index is 2.45. The van der Waals surface area contributed by atoms with Crippen LogP contribution in [-0.4, -0.2) is 4.57 Å². The van der Waals surface area contributed by atoms with Crippen molar-refractivity contribution in [2.75, 3.05) is 4.90 Å². The monoisotopic (exact) mass is 778 g/mol. The average molecular weight is 779 g/mol. The van der Waals surface area contributed by atoms with Crippen LogP contribution >= 0.6 is 0 Å². The normalized spacial score (nSPS) is 12.9. The van der Waals surface area contributed by atoms with Crippen molar-refractivity contribution in [2.45, 2.75) is 19.3 Å². The molecule has 61 heavy (non-hydrogen) atoms. The Morgan fingerprint density at radius 1 is 0.361 bits per heavy atom. The van der Waals surface area contributed by atoms with Crippen LogP contribution < -0.4 is 4.90 Å². The first-order chi connectivity index (χ1) is 30.0. The van der Waals surface area contributed by atoms with Crippen LogP contribution in [-0.2, 0) is 5.41 Å². The summed E-state index contributed by atoms with van der Waals surface area (Å²) in [6.45, 7) is 4.72. The van der Waals surface area contributed by atoms with Crippen molar-refractivity contribution in [1.29, 1.82) is 0 Å². The number of anilines is 3. The smallest absolute Gasteiger partial charge is 0.0541 e. The predicted octanol–water partition coefficient (Wildman–Crippen LogP) is 16.2. The third kappa shape index (κ3) is 5.64. The van der Waals surface area contributed by atoms with Gasteiger partial charge in [-0.05, 0) is 127 Å². The first-order valence-electron chi connectivity index (χ1n) is 21.3. The minimum absolute atomic E-state index is 0.108. The van der Waals surface area contributed by atoms with Crippen molar-refractivity contribution >= 4 is 60.4 Å². The number of aromatic nitrogens is 1. The Balaban J connectivity index is 0.966.